The van der Waals surface area contributed by atoms with Gasteiger partial charge in [0, 0.05) is 45.3 Å². The predicted molar refractivity (Wildman–Crippen MR) is 89.6 cm³/mol. The van der Waals surface area contributed by atoms with Crippen molar-refractivity contribution in [2.75, 3.05) is 44.2 Å². The van der Waals surface area contributed by atoms with Crippen LogP contribution in [-0.4, -0.2) is 61.4 Å². The molecule has 0 unspecified atom stereocenters. The topological polar surface area (TPSA) is 31.4 Å². The lowest BCUT2D eigenvalue weighted by molar-refractivity contribution is 0.232. The maximum Gasteiger partial charge on any atom is 0.186 e. The fourth-order valence-corrected chi connectivity index (χ4v) is 4.35. The third kappa shape index (κ3) is 2.95. The molecule has 0 saturated carbocycles. The first-order valence-corrected chi connectivity index (χ1v) is 8.80. The second kappa shape index (κ2) is 6.10. The summed E-state index contributed by atoms with van der Waals surface area (Å²) in [5.41, 5.74) is 1.09. The largest absolute Gasteiger partial charge is 0.345 e. The van der Waals surface area contributed by atoms with Gasteiger partial charge in [-0.1, -0.05) is 23.5 Å². The number of aromatic nitrogens is 1. The highest BCUT2D eigenvalue weighted by Gasteiger charge is 2.27. The van der Waals surface area contributed by atoms with Crippen LogP contribution in [0.25, 0.3) is 10.2 Å². The number of thiazole rings is 1. The van der Waals surface area contributed by atoms with Crippen molar-refractivity contribution >= 4 is 26.7 Å². The monoisotopic (exact) mass is 320 g/mol. The van der Waals surface area contributed by atoms with Crippen molar-refractivity contribution in [2.24, 2.45) is 0 Å². The molecule has 2 saturated heterocycles. The molecule has 4 nitrogen and oxygen atoms in total. The van der Waals surface area contributed by atoms with Crippen LogP contribution in [0.15, 0.2) is 24.3 Å². The molecular formula is C16H21FN4S. The minimum Gasteiger partial charge on any atom is -0.345 e. The lowest BCUT2D eigenvalue weighted by Gasteiger charge is -2.35. The second-order valence-electron chi connectivity index (χ2n) is 6.19. The summed E-state index contributed by atoms with van der Waals surface area (Å²) >= 11 is 1.77. The molecule has 1 aromatic carbocycles. The van der Waals surface area contributed by atoms with Crippen molar-refractivity contribution in [3.8, 4) is 0 Å². The first-order valence-electron chi connectivity index (χ1n) is 7.98. The second-order valence-corrected chi connectivity index (χ2v) is 7.20. The van der Waals surface area contributed by atoms with Crippen LogP contribution in [0, 0.1) is 0 Å². The van der Waals surface area contributed by atoms with Gasteiger partial charge >= 0.3 is 0 Å². The summed E-state index contributed by atoms with van der Waals surface area (Å²) in [6, 6.07) is 8.63. The Balaban J connectivity index is 1.35. The number of rotatable bonds is 3. The van der Waals surface area contributed by atoms with Gasteiger partial charge in [-0.2, -0.15) is 0 Å². The number of anilines is 1. The Kier molecular flexibility index (Phi) is 3.98. The Morgan fingerprint density at radius 1 is 1.23 bits per heavy atom. The number of hydrogen-bond donors (Lipinski definition) is 1. The number of hydrogen-bond acceptors (Lipinski definition) is 5. The highest BCUT2D eigenvalue weighted by Crippen LogP contribution is 2.29. The van der Waals surface area contributed by atoms with Gasteiger partial charge in [-0.15, -0.1) is 0 Å². The van der Waals surface area contributed by atoms with E-state index in [1.807, 2.05) is 6.07 Å². The lowest BCUT2D eigenvalue weighted by Crippen LogP contribution is -2.49. The van der Waals surface area contributed by atoms with Crippen LogP contribution >= 0.6 is 11.3 Å². The summed E-state index contributed by atoms with van der Waals surface area (Å²) < 4.78 is 14.5. The van der Waals surface area contributed by atoms with E-state index in [1.54, 1.807) is 11.3 Å². The van der Waals surface area contributed by atoms with Crippen LogP contribution in [0.3, 0.4) is 0 Å². The van der Waals surface area contributed by atoms with Crippen LogP contribution < -0.4 is 10.2 Å². The van der Waals surface area contributed by atoms with Crippen molar-refractivity contribution in [2.45, 2.75) is 18.6 Å². The quantitative estimate of drug-likeness (QED) is 0.939. The molecule has 6 heteroatoms. The molecule has 22 heavy (non-hydrogen) atoms. The normalized spacial score (nSPS) is 26.9. The molecule has 0 bridgehead atoms. The summed E-state index contributed by atoms with van der Waals surface area (Å²) in [5, 5.41) is 4.40. The Hall–Kier alpha value is -1.24. The van der Waals surface area contributed by atoms with E-state index in [2.05, 4.69) is 33.3 Å². The standard InChI is InChI=1S/C16H21FN4S/c17-12-9-13(18-10-12)11-20-5-7-21(8-6-20)16-19-14-3-1-2-4-15(14)22-16/h1-4,12-13,18H,5-11H2/t12-,13-/m0/s1. The molecule has 0 spiro atoms. The van der Waals surface area contributed by atoms with Crippen molar-refractivity contribution in [1.29, 1.82) is 0 Å². The molecule has 0 amide bonds. The molecule has 4 rings (SSSR count). The molecule has 0 aliphatic carbocycles. The SMILES string of the molecule is F[C@@H]1CN[C@H](CN2CCN(c3nc4ccccc4s3)CC2)C1. The Labute approximate surface area is 133 Å². The number of nitrogens with one attached hydrogen (secondary N) is 1. The zero-order valence-electron chi connectivity index (χ0n) is 12.5. The molecule has 118 valence electrons. The summed E-state index contributed by atoms with van der Waals surface area (Å²) in [6.07, 6.45) is 0.00647. The Bertz CT molecular complexity index is 605. The molecule has 2 fully saturated rings. The van der Waals surface area contributed by atoms with Gasteiger partial charge in [0.25, 0.3) is 0 Å². The van der Waals surface area contributed by atoms with Gasteiger partial charge in [0.2, 0.25) is 0 Å². The van der Waals surface area contributed by atoms with Crippen molar-refractivity contribution in [3.63, 3.8) is 0 Å². The van der Waals surface area contributed by atoms with Gasteiger partial charge < -0.3 is 10.2 Å². The zero-order chi connectivity index (χ0) is 14.9. The van der Waals surface area contributed by atoms with Gasteiger partial charge in [-0.3, -0.25) is 4.90 Å². The highest BCUT2D eigenvalue weighted by molar-refractivity contribution is 7.22. The van der Waals surface area contributed by atoms with Crippen LogP contribution in [0.2, 0.25) is 0 Å². The number of alkyl halides is 1. The van der Waals surface area contributed by atoms with Gasteiger partial charge in [0.15, 0.2) is 5.13 Å². The molecule has 3 heterocycles. The first-order chi connectivity index (χ1) is 10.8. The van der Waals surface area contributed by atoms with E-state index in [0.29, 0.717) is 19.0 Å². The van der Waals surface area contributed by atoms with Crippen molar-refractivity contribution in [1.82, 2.24) is 15.2 Å². The molecule has 1 aromatic heterocycles. The number of benzene rings is 1. The minimum absolute atomic E-state index is 0.323. The summed E-state index contributed by atoms with van der Waals surface area (Å²) in [5.74, 6) is 0. The lowest BCUT2D eigenvalue weighted by atomic mass is 10.2. The van der Waals surface area contributed by atoms with E-state index >= 15 is 0 Å². The highest BCUT2D eigenvalue weighted by atomic mass is 32.1. The third-order valence-corrected chi connectivity index (χ3v) is 5.67. The number of halogens is 1. The fraction of sp³-hybridized carbons (Fsp3) is 0.562. The third-order valence-electron chi connectivity index (χ3n) is 4.57. The van der Waals surface area contributed by atoms with Crippen molar-refractivity contribution < 1.29 is 4.39 Å². The average Bonchev–Trinajstić information content (AvgIpc) is 3.14. The first kappa shape index (κ1) is 14.4. The molecule has 2 aliphatic heterocycles. The minimum atomic E-state index is -0.658. The predicted octanol–water partition coefficient (Wildman–Crippen LogP) is 2.12. The van der Waals surface area contributed by atoms with E-state index < -0.39 is 6.17 Å². The van der Waals surface area contributed by atoms with Crippen molar-refractivity contribution in [3.05, 3.63) is 24.3 Å². The molecule has 2 aliphatic rings. The van der Waals surface area contributed by atoms with E-state index in [0.717, 1.165) is 43.4 Å². The van der Waals surface area contributed by atoms with E-state index in [4.69, 9.17) is 4.98 Å². The Morgan fingerprint density at radius 3 is 2.77 bits per heavy atom. The number of para-hydroxylation sites is 1. The smallest absolute Gasteiger partial charge is 0.186 e. The summed E-state index contributed by atoms with van der Waals surface area (Å²) in [7, 11) is 0. The van der Waals surface area contributed by atoms with Gasteiger partial charge in [0.1, 0.15) is 6.17 Å². The number of piperazine rings is 1. The van der Waals surface area contributed by atoms with Crippen LogP contribution in [-0.2, 0) is 0 Å². The van der Waals surface area contributed by atoms with Gasteiger partial charge in [-0.05, 0) is 18.6 Å². The van der Waals surface area contributed by atoms with Crippen LogP contribution in [0.4, 0.5) is 9.52 Å². The van der Waals surface area contributed by atoms with Crippen LogP contribution in [0.5, 0.6) is 0 Å². The molecule has 2 aromatic rings. The van der Waals surface area contributed by atoms with Gasteiger partial charge in [-0.25, -0.2) is 9.37 Å². The average molecular weight is 320 g/mol. The number of fused-ring (bicyclic) bond motifs is 1. The van der Waals surface area contributed by atoms with E-state index in [9.17, 15) is 4.39 Å². The summed E-state index contributed by atoms with van der Waals surface area (Å²) in [6.45, 7) is 5.57. The Morgan fingerprint density at radius 2 is 2.05 bits per heavy atom. The van der Waals surface area contributed by atoms with Crippen LogP contribution in [0.1, 0.15) is 6.42 Å². The van der Waals surface area contributed by atoms with E-state index in [1.165, 1.54) is 4.70 Å². The molecule has 2 atom stereocenters. The van der Waals surface area contributed by atoms with Gasteiger partial charge in [0.05, 0.1) is 10.2 Å². The molecule has 1 N–H and O–H groups in total. The fourth-order valence-electron chi connectivity index (χ4n) is 3.34. The molecular weight excluding hydrogens is 299 g/mol. The maximum absolute atomic E-state index is 13.2. The molecule has 0 radical (unpaired) electrons. The number of nitrogens with zero attached hydrogens (tertiary/aromatic N) is 3. The zero-order valence-corrected chi connectivity index (χ0v) is 13.4. The summed E-state index contributed by atoms with van der Waals surface area (Å²) in [4.78, 5) is 9.56. The maximum atomic E-state index is 13.2. The van der Waals surface area contributed by atoms with E-state index in [-0.39, 0.29) is 0 Å².